The topological polar surface area (TPSA) is 112 Å². The minimum Gasteiger partial charge on any atom is -0.377 e. The van der Waals surface area contributed by atoms with Crippen molar-refractivity contribution in [1.82, 2.24) is 25.8 Å². The quantitative estimate of drug-likeness (QED) is 0.469. The van der Waals surface area contributed by atoms with Gasteiger partial charge in [-0.2, -0.15) is 0 Å². The van der Waals surface area contributed by atoms with E-state index in [1.54, 1.807) is 0 Å². The third-order valence-electron chi connectivity index (χ3n) is 9.82. The molecule has 1 aromatic rings. The molecule has 0 aromatic heterocycles. The lowest BCUT2D eigenvalue weighted by molar-refractivity contribution is -0.128. The summed E-state index contributed by atoms with van der Waals surface area (Å²) in [6.45, 7) is 4.67. The van der Waals surface area contributed by atoms with Gasteiger partial charge < -0.3 is 25.4 Å². The van der Waals surface area contributed by atoms with Gasteiger partial charge >= 0.3 is 0 Å². The highest BCUT2D eigenvalue weighted by Gasteiger charge is 2.44. The van der Waals surface area contributed by atoms with Crippen molar-refractivity contribution in [3.63, 3.8) is 0 Å². The fraction of sp³-hybridized carbons (Fsp3) is 0.727. The van der Waals surface area contributed by atoms with E-state index in [0.29, 0.717) is 58.5 Å². The van der Waals surface area contributed by atoms with E-state index in [1.807, 2.05) is 23.1 Å². The normalized spacial score (nSPS) is 30.8. The van der Waals surface area contributed by atoms with Crippen LogP contribution in [-0.2, 0) is 30.4 Å². The highest BCUT2D eigenvalue weighted by atomic mass is 19.3. The number of rotatable bonds is 3. The number of piperidine rings is 1. The highest BCUT2D eigenvalue weighted by Crippen LogP contribution is 2.37. The van der Waals surface area contributed by atoms with E-state index < -0.39 is 12.0 Å². The van der Waals surface area contributed by atoms with Crippen LogP contribution in [0.1, 0.15) is 56.9 Å². The number of carbonyl (C=O) groups is 3. The number of ether oxygens (including phenoxy) is 2. The largest absolute Gasteiger partial charge is 0.377 e. The van der Waals surface area contributed by atoms with Crippen LogP contribution in [0.4, 0.5) is 8.78 Å². The minimum absolute atomic E-state index is 0.00124. The van der Waals surface area contributed by atoms with E-state index in [1.165, 1.54) is 5.56 Å². The fourth-order valence-corrected chi connectivity index (χ4v) is 7.45. The summed E-state index contributed by atoms with van der Waals surface area (Å²) in [7, 11) is 0. The van der Waals surface area contributed by atoms with Crippen molar-refractivity contribution in [1.29, 1.82) is 0 Å². The van der Waals surface area contributed by atoms with Crippen molar-refractivity contribution in [3.8, 4) is 0 Å². The molecular formula is C33H49F2N5O5. The maximum Gasteiger partial charge on any atom is 0.248 e. The molecule has 4 fully saturated rings. The SMILES string of the molecule is O=C1C[C@@H]2CCN(Cc3ccccc3)C[C@@H]2CCNC(=O)[C@@H]2C[C@@H](CN2C2CCC(F)(F)CC2)NC(=O)COCCOCCN1. The second-order valence-corrected chi connectivity index (χ2v) is 13.1. The average molecular weight is 634 g/mol. The van der Waals surface area contributed by atoms with Crippen LogP contribution >= 0.6 is 0 Å². The first-order valence-corrected chi connectivity index (χ1v) is 16.6. The van der Waals surface area contributed by atoms with Gasteiger partial charge in [0.1, 0.15) is 6.61 Å². The van der Waals surface area contributed by atoms with Crippen molar-refractivity contribution in [2.45, 2.75) is 82.0 Å². The average Bonchev–Trinajstić information content (AvgIpc) is 3.43. The molecule has 12 heteroatoms. The summed E-state index contributed by atoms with van der Waals surface area (Å²) in [5.41, 5.74) is 1.25. The van der Waals surface area contributed by atoms with Gasteiger partial charge in [0.05, 0.1) is 25.9 Å². The van der Waals surface area contributed by atoms with Gasteiger partial charge in [0.15, 0.2) is 0 Å². The molecule has 0 radical (unpaired) electrons. The molecule has 3 saturated heterocycles. The van der Waals surface area contributed by atoms with Crippen LogP contribution in [-0.4, -0.2) is 111 Å². The Labute approximate surface area is 264 Å². The molecule has 45 heavy (non-hydrogen) atoms. The van der Waals surface area contributed by atoms with Crippen LogP contribution in [0.25, 0.3) is 0 Å². The summed E-state index contributed by atoms with van der Waals surface area (Å²) in [6, 6.07) is 9.45. The van der Waals surface area contributed by atoms with Gasteiger partial charge in [0, 0.05) is 64.1 Å². The molecule has 3 heterocycles. The first kappa shape index (κ1) is 33.7. The number of alkyl halides is 2. The molecule has 10 nitrogen and oxygen atoms in total. The van der Waals surface area contributed by atoms with Crippen molar-refractivity contribution in [3.05, 3.63) is 35.9 Å². The lowest BCUT2D eigenvalue weighted by Crippen LogP contribution is -2.50. The Bertz CT molecular complexity index is 1120. The monoisotopic (exact) mass is 633 g/mol. The Hall–Kier alpha value is -2.67. The van der Waals surface area contributed by atoms with Crippen LogP contribution < -0.4 is 16.0 Å². The number of fused-ring (bicyclic) bond motifs is 3. The van der Waals surface area contributed by atoms with Gasteiger partial charge in [-0.3, -0.25) is 24.2 Å². The summed E-state index contributed by atoms with van der Waals surface area (Å²) in [5.74, 6) is -2.65. The van der Waals surface area contributed by atoms with Gasteiger partial charge in [-0.15, -0.1) is 0 Å². The number of hydrogen-bond acceptors (Lipinski definition) is 7. The number of benzene rings is 1. The Balaban J connectivity index is 1.25. The third-order valence-corrected chi connectivity index (χ3v) is 9.82. The van der Waals surface area contributed by atoms with Crippen molar-refractivity contribution >= 4 is 17.7 Å². The van der Waals surface area contributed by atoms with E-state index >= 15 is 0 Å². The second-order valence-electron chi connectivity index (χ2n) is 13.1. The predicted molar refractivity (Wildman–Crippen MR) is 164 cm³/mol. The Morgan fingerprint density at radius 3 is 2.42 bits per heavy atom. The van der Waals surface area contributed by atoms with Crippen molar-refractivity contribution in [2.75, 3.05) is 59.2 Å². The molecule has 2 bridgehead atoms. The zero-order valence-corrected chi connectivity index (χ0v) is 26.2. The summed E-state index contributed by atoms with van der Waals surface area (Å²) in [6.07, 6.45) is 2.75. The number of hydrogen-bond donors (Lipinski definition) is 3. The number of carbonyl (C=O) groups excluding carboxylic acids is 3. The van der Waals surface area contributed by atoms with E-state index in [2.05, 4.69) is 33.0 Å². The predicted octanol–water partition coefficient (Wildman–Crippen LogP) is 2.32. The molecule has 0 spiro atoms. The van der Waals surface area contributed by atoms with E-state index in [-0.39, 0.29) is 67.7 Å². The van der Waals surface area contributed by atoms with Crippen molar-refractivity contribution in [2.24, 2.45) is 11.8 Å². The van der Waals surface area contributed by atoms with Gasteiger partial charge in [0.2, 0.25) is 23.6 Å². The van der Waals surface area contributed by atoms with Crippen LogP contribution in [0.5, 0.6) is 0 Å². The molecule has 3 aliphatic heterocycles. The Morgan fingerprint density at radius 2 is 1.62 bits per heavy atom. The summed E-state index contributed by atoms with van der Waals surface area (Å²) in [4.78, 5) is 43.6. The summed E-state index contributed by atoms with van der Waals surface area (Å²) < 4.78 is 39.0. The Morgan fingerprint density at radius 1 is 0.844 bits per heavy atom. The standard InChI is InChI=1S/C33H49F2N5O5/c34-33(35)10-6-28(7-11-33)40-22-27-19-29(40)32(43)37-12-8-26-21-39(20-24-4-2-1-3-5-24)14-9-25(26)18-30(41)36-13-15-44-16-17-45-23-31(42)38-27/h1-5,25-29H,6-23H2,(H,36,41)(H,37,43)(H,38,42)/t25-,26-,27-,29-/m0/s1. The fourth-order valence-electron chi connectivity index (χ4n) is 7.45. The van der Waals surface area contributed by atoms with Gasteiger partial charge in [-0.05, 0) is 56.0 Å². The molecule has 4 aliphatic rings. The number of nitrogens with zero attached hydrogens (tertiary/aromatic N) is 2. The van der Waals surface area contributed by atoms with E-state index in [9.17, 15) is 23.2 Å². The lowest BCUT2D eigenvalue weighted by Gasteiger charge is -2.39. The van der Waals surface area contributed by atoms with Crippen LogP contribution in [0.15, 0.2) is 30.3 Å². The molecule has 250 valence electrons. The third kappa shape index (κ3) is 10.2. The summed E-state index contributed by atoms with van der Waals surface area (Å²) >= 11 is 0. The second kappa shape index (κ2) is 16.2. The smallest absolute Gasteiger partial charge is 0.248 e. The molecule has 1 saturated carbocycles. The first-order chi connectivity index (χ1) is 21.8. The van der Waals surface area contributed by atoms with Gasteiger partial charge in [-0.25, -0.2) is 8.78 Å². The highest BCUT2D eigenvalue weighted by molar-refractivity contribution is 5.83. The number of amides is 3. The molecule has 5 rings (SSSR count). The first-order valence-electron chi connectivity index (χ1n) is 16.6. The van der Waals surface area contributed by atoms with E-state index in [0.717, 1.165) is 32.5 Å². The molecule has 0 unspecified atom stereocenters. The zero-order valence-electron chi connectivity index (χ0n) is 26.2. The zero-order chi connectivity index (χ0) is 31.6. The molecule has 1 aliphatic carbocycles. The molecule has 4 atom stereocenters. The minimum atomic E-state index is -2.66. The number of likely N-dealkylation sites (tertiary alicyclic amines) is 2. The van der Waals surface area contributed by atoms with Crippen molar-refractivity contribution < 1.29 is 32.6 Å². The Kier molecular flexibility index (Phi) is 12.2. The number of halogens is 2. The maximum absolute atomic E-state index is 14.0. The van der Waals surface area contributed by atoms with Gasteiger partial charge in [-0.1, -0.05) is 30.3 Å². The van der Waals surface area contributed by atoms with Crippen LogP contribution in [0.2, 0.25) is 0 Å². The maximum atomic E-state index is 14.0. The van der Waals surface area contributed by atoms with E-state index in [4.69, 9.17) is 9.47 Å². The molecular weight excluding hydrogens is 584 g/mol. The molecule has 3 N–H and O–H groups in total. The lowest BCUT2D eigenvalue weighted by atomic mass is 9.80. The van der Waals surface area contributed by atoms with Crippen LogP contribution in [0, 0.1) is 11.8 Å². The van der Waals surface area contributed by atoms with Crippen LogP contribution in [0.3, 0.4) is 0 Å². The molecule has 3 amide bonds. The molecule has 1 aromatic carbocycles. The van der Waals surface area contributed by atoms with Gasteiger partial charge in [0.25, 0.3) is 0 Å². The summed E-state index contributed by atoms with van der Waals surface area (Å²) in [5, 5.41) is 9.09. The number of nitrogens with one attached hydrogen (secondary N) is 3.